The lowest BCUT2D eigenvalue weighted by Crippen LogP contribution is -2.53. The van der Waals surface area contributed by atoms with Crippen molar-refractivity contribution in [3.63, 3.8) is 0 Å². The van der Waals surface area contributed by atoms with Crippen molar-refractivity contribution in [1.29, 1.82) is 0 Å². The Balaban J connectivity index is 1.44. The molecule has 0 spiro atoms. The highest BCUT2D eigenvalue weighted by Crippen LogP contribution is 2.44. The minimum Gasteiger partial charge on any atom is -0.373 e. The van der Waals surface area contributed by atoms with Crippen molar-refractivity contribution in [3.05, 3.63) is 104 Å². The number of ether oxygens (including phenoxy) is 3. The van der Waals surface area contributed by atoms with Gasteiger partial charge in [0.25, 0.3) is 11.5 Å². The summed E-state index contributed by atoms with van der Waals surface area (Å²) in [4.78, 5) is 39.8. The van der Waals surface area contributed by atoms with Gasteiger partial charge in [0, 0.05) is 11.8 Å². The third-order valence-corrected chi connectivity index (χ3v) is 6.23. The van der Waals surface area contributed by atoms with Crippen LogP contribution in [0.25, 0.3) is 0 Å². The molecule has 2 fully saturated rings. The Bertz CT molecular complexity index is 1290. The SMILES string of the molecule is Cc1cn([C@@H]2OC3(COCc4ccccc4)C(=O)NC2[C@H]3OCc2ccccc2)c(=O)[nH]c1=O. The number of aryl methyl sites for hydroxylation is 1. The summed E-state index contributed by atoms with van der Waals surface area (Å²) in [5, 5.41) is 2.92. The molecule has 2 unspecified atom stereocenters. The van der Waals surface area contributed by atoms with E-state index >= 15 is 0 Å². The van der Waals surface area contributed by atoms with Crippen LogP contribution in [0.4, 0.5) is 0 Å². The van der Waals surface area contributed by atoms with Crippen LogP contribution in [0.3, 0.4) is 0 Å². The molecule has 9 heteroatoms. The fraction of sp³-hybridized carbons (Fsp3) is 0.320. The summed E-state index contributed by atoms with van der Waals surface area (Å²) >= 11 is 0. The molecule has 0 saturated carbocycles. The number of amides is 1. The molecule has 9 nitrogen and oxygen atoms in total. The van der Waals surface area contributed by atoms with Crippen molar-refractivity contribution >= 4 is 5.91 Å². The molecular formula is C25H25N3O6. The van der Waals surface area contributed by atoms with Gasteiger partial charge < -0.3 is 19.5 Å². The number of rotatable bonds is 8. The fourth-order valence-corrected chi connectivity index (χ4v) is 4.48. The van der Waals surface area contributed by atoms with Gasteiger partial charge in [0.05, 0.1) is 19.8 Å². The third-order valence-electron chi connectivity index (χ3n) is 6.23. The largest absolute Gasteiger partial charge is 0.373 e. The van der Waals surface area contributed by atoms with Gasteiger partial charge in [-0.25, -0.2) is 4.79 Å². The summed E-state index contributed by atoms with van der Waals surface area (Å²) in [7, 11) is 0. The Hall–Kier alpha value is -3.53. The van der Waals surface area contributed by atoms with E-state index in [-0.39, 0.29) is 25.7 Å². The molecule has 5 rings (SSSR count). The van der Waals surface area contributed by atoms with Crippen molar-refractivity contribution in [2.24, 2.45) is 0 Å². The van der Waals surface area contributed by atoms with Crippen LogP contribution in [0.2, 0.25) is 0 Å². The van der Waals surface area contributed by atoms with E-state index in [0.29, 0.717) is 5.56 Å². The summed E-state index contributed by atoms with van der Waals surface area (Å²) in [6, 6.07) is 18.5. The standard InChI is InChI=1S/C25H25N3O6/c1-16-12-28(24(31)27-21(16)29)22-19-20(33-14-18-10-6-3-7-11-18)25(34-22,23(30)26-19)15-32-13-17-8-4-2-5-9-17/h2-12,19-20,22H,13-15H2,1H3,(H,26,30)(H,27,29,31)/t19?,20-,22-,25?/m1/s1. The molecule has 176 valence electrons. The number of fused-ring (bicyclic) bond motifs is 2. The topological polar surface area (TPSA) is 112 Å². The lowest BCUT2D eigenvalue weighted by molar-refractivity contribution is -0.179. The molecule has 0 aliphatic carbocycles. The van der Waals surface area contributed by atoms with E-state index in [1.54, 1.807) is 6.92 Å². The Kier molecular flexibility index (Phi) is 5.91. The van der Waals surface area contributed by atoms with Gasteiger partial charge in [-0.05, 0) is 18.1 Å². The van der Waals surface area contributed by atoms with Crippen LogP contribution in [0.15, 0.2) is 76.4 Å². The number of morpholine rings is 1. The van der Waals surface area contributed by atoms with Gasteiger partial charge >= 0.3 is 5.69 Å². The molecule has 1 amide bonds. The molecule has 3 aromatic rings. The number of aromatic nitrogens is 2. The Labute approximate surface area is 195 Å². The molecule has 2 N–H and O–H groups in total. The summed E-state index contributed by atoms with van der Waals surface area (Å²) in [5.74, 6) is -0.353. The number of H-pyrrole nitrogens is 1. The molecular weight excluding hydrogens is 438 g/mol. The Morgan fingerprint density at radius 1 is 0.971 bits per heavy atom. The number of carbonyl (C=O) groups is 1. The summed E-state index contributed by atoms with van der Waals surface area (Å²) in [6.07, 6.45) is -0.132. The van der Waals surface area contributed by atoms with Crippen LogP contribution in [-0.2, 0) is 32.2 Å². The first-order chi connectivity index (χ1) is 16.5. The average molecular weight is 463 g/mol. The van der Waals surface area contributed by atoms with E-state index in [1.807, 2.05) is 60.7 Å². The fourth-order valence-electron chi connectivity index (χ4n) is 4.48. The van der Waals surface area contributed by atoms with Gasteiger partial charge in [0.15, 0.2) is 11.8 Å². The van der Waals surface area contributed by atoms with Gasteiger partial charge in [0.1, 0.15) is 12.1 Å². The third kappa shape index (κ3) is 3.98. The molecule has 34 heavy (non-hydrogen) atoms. The smallest absolute Gasteiger partial charge is 0.330 e. The normalized spacial score (nSPS) is 25.4. The maximum absolute atomic E-state index is 13.1. The molecule has 2 bridgehead atoms. The second-order valence-electron chi connectivity index (χ2n) is 8.57. The molecule has 2 aliphatic heterocycles. The number of nitrogens with zero attached hydrogens (tertiary/aromatic N) is 1. The monoisotopic (exact) mass is 463 g/mol. The number of benzene rings is 2. The Morgan fingerprint density at radius 2 is 1.62 bits per heavy atom. The van der Waals surface area contributed by atoms with E-state index in [2.05, 4.69) is 10.3 Å². The number of aromatic amines is 1. The summed E-state index contributed by atoms with van der Waals surface area (Å²) < 4.78 is 19.7. The van der Waals surface area contributed by atoms with Crippen LogP contribution in [0, 0.1) is 6.92 Å². The van der Waals surface area contributed by atoms with Crippen molar-refractivity contribution in [3.8, 4) is 0 Å². The summed E-state index contributed by atoms with van der Waals surface area (Å²) in [5.41, 5.74) is -0.278. The second-order valence-corrected chi connectivity index (χ2v) is 8.57. The van der Waals surface area contributed by atoms with Gasteiger partial charge in [-0.1, -0.05) is 60.7 Å². The minimum atomic E-state index is -1.44. The highest BCUT2D eigenvalue weighted by Gasteiger charge is 2.67. The zero-order valence-electron chi connectivity index (χ0n) is 18.6. The number of hydrogen-bond donors (Lipinski definition) is 2. The predicted octanol–water partition coefficient (Wildman–Crippen LogP) is 1.41. The molecule has 2 aliphatic rings. The Morgan fingerprint density at radius 3 is 2.29 bits per heavy atom. The van der Waals surface area contributed by atoms with E-state index < -0.39 is 35.2 Å². The molecule has 2 aromatic carbocycles. The highest BCUT2D eigenvalue weighted by atomic mass is 16.6. The molecule has 2 saturated heterocycles. The van der Waals surface area contributed by atoms with Crippen LogP contribution in [0.1, 0.15) is 22.9 Å². The van der Waals surface area contributed by atoms with Gasteiger partial charge in [-0.3, -0.25) is 19.1 Å². The lowest BCUT2D eigenvalue weighted by atomic mass is 9.99. The van der Waals surface area contributed by atoms with Gasteiger partial charge in [-0.2, -0.15) is 0 Å². The van der Waals surface area contributed by atoms with Crippen LogP contribution < -0.4 is 16.6 Å². The predicted molar refractivity (Wildman–Crippen MR) is 122 cm³/mol. The maximum Gasteiger partial charge on any atom is 0.330 e. The average Bonchev–Trinajstić information content (AvgIpc) is 3.29. The highest BCUT2D eigenvalue weighted by molar-refractivity contribution is 5.90. The summed E-state index contributed by atoms with van der Waals surface area (Å²) in [6.45, 7) is 2.09. The van der Waals surface area contributed by atoms with Crippen LogP contribution in [-0.4, -0.2) is 39.8 Å². The van der Waals surface area contributed by atoms with Crippen molar-refractivity contribution in [2.75, 3.05) is 6.61 Å². The van der Waals surface area contributed by atoms with Crippen LogP contribution >= 0.6 is 0 Å². The van der Waals surface area contributed by atoms with Gasteiger partial charge in [-0.15, -0.1) is 0 Å². The quantitative estimate of drug-likeness (QED) is 0.523. The van der Waals surface area contributed by atoms with E-state index in [0.717, 1.165) is 11.1 Å². The number of carbonyl (C=O) groups excluding carboxylic acids is 1. The van der Waals surface area contributed by atoms with E-state index in [9.17, 15) is 14.4 Å². The van der Waals surface area contributed by atoms with Crippen molar-refractivity contribution in [2.45, 2.75) is 44.1 Å². The molecule has 1 aromatic heterocycles. The number of hydrogen-bond acceptors (Lipinski definition) is 6. The first-order valence-electron chi connectivity index (χ1n) is 11.1. The zero-order valence-corrected chi connectivity index (χ0v) is 18.6. The maximum atomic E-state index is 13.1. The second kappa shape index (κ2) is 9.02. The van der Waals surface area contributed by atoms with E-state index in [1.165, 1.54) is 10.8 Å². The first-order valence-corrected chi connectivity index (χ1v) is 11.1. The lowest BCUT2D eigenvalue weighted by Gasteiger charge is -2.30. The van der Waals surface area contributed by atoms with Crippen LogP contribution in [0.5, 0.6) is 0 Å². The zero-order chi connectivity index (χ0) is 23.7. The molecule has 0 radical (unpaired) electrons. The number of nitrogens with one attached hydrogen (secondary N) is 2. The first kappa shape index (κ1) is 22.3. The van der Waals surface area contributed by atoms with Gasteiger partial charge in [0.2, 0.25) is 0 Å². The van der Waals surface area contributed by atoms with Crippen molar-refractivity contribution < 1.29 is 19.0 Å². The van der Waals surface area contributed by atoms with E-state index in [4.69, 9.17) is 14.2 Å². The molecule has 3 heterocycles. The minimum absolute atomic E-state index is 0.0583. The van der Waals surface area contributed by atoms with Crippen molar-refractivity contribution in [1.82, 2.24) is 14.9 Å². The molecule has 4 atom stereocenters.